The number of benzene rings is 2. The Bertz CT molecular complexity index is 914. The van der Waals surface area contributed by atoms with Gasteiger partial charge in [0, 0.05) is 24.1 Å². The van der Waals surface area contributed by atoms with Gasteiger partial charge in [0.15, 0.2) is 0 Å². The van der Waals surface area contributed by atoms with Gasteiger partial charge < -0.3 is 0 Å². The van der Waals surface area contributed by atoms with Crippen molar-refractivity contribution >= 4 is 5.71 Å². The minimum absolute atomic E-state index is 0.357. The maximum Gasteiger partial charge on any atom is 0.139 e. The molecule has 0 atom stereocenters. The zero-order chi connectivity index (χ0) is 15.8. The fourth-order valence-corrected chi connectivity index (χ4v) is 2.78. The largest absolute Gasteiger partial charge is 0.285 e. The van der Waals surface area contributed by atoms with Crippen LogP contribution in [0.4, 0.5) is 8.78 Å². The van der Waals surface area contributed by atoms with E-state index in [2.05, 4.69) is 15.2 Å². The number of fused-ring (bicyclic) bond motifs is 3. The second-order valence-electron chi connectivity index (χ2n) is 5.24. The molecule has 6 heteroatoms. The molecular formula is C17H12F2N4. The van der Waals surface area contributed by atoms with Gasteiger partial charge in [-0.05, 0) is 30.3 Å². The molecule has 4 nitrogen and oxygen atoms in total. The first kappa shape index (κ1) is 13.8. The average Bonchev–Trinajstić information content (AvgIpc) is 2.99. The number of hydrogen-bond donors (Lipinski definition) is 0. The summed E-state index contributed by atoms with van der Waals surface area (Å²) in [5.74, 6) is -0.0387. The minimum Gasteiger partial charge on any atom is -0.285 e. The molecule has 2 aromatic carbocycles. The molecule has 1 aliphatic heterocycles. The summed E-state index contributed by atoms with van der Waals surface area (Å²) in [7, 11) is 0. The molecule has 0 aliphatic carbocycles. The van der Waals surface area contributed by atoms with Crippen LogP contribution < -0.4 is 0 Å². The van der Waals surface area contributed by atoms with E-state index in [0.29, 0.717) is 35.5 Å². The Hall–Kier alpha value is -2.89. The molecule has 23 heavy (non-hydrogen) atoms. The van der Waals surface area contributed by atoms with Crippen molar-refractivity contribution in [2.45, 2.75) is 6.42 Å². The minimum atomic E-state index is -0.400. The molecule has 0 bridgehead atoms. The number of aliphatic imine (C=N–C) groups is 1. The Kier molecular flexibility index (Phi) is 3.22. The van der Waals surface area contributed by atoms with Crippen LogP contribution in [0, 0.1) is 11.6 Å². The monoisotopic (exact) mass is 310 g/mol. The molecule has 2 heterocycles. The molecule has 4 rings (SSSR count). The third-order valence-corrected chi connectivity index (χ3v) is 3.83. The van der Waals surface area contributed by atoms with Crippen LogP contribution in [0.1, 0.15) is 17.0 Å². The molecule has 0 unspecified atom stereocenters. The highest BCUT2D eigenvalue weighted by Gasteiger charge is 2.20. The third kappa shape index (κ3) is 2.32. The standard InChI is InChI=1S/C17H12F2N4/c18-11-5-6-15-13(9-11)17(12-3-1-2-4-14(12)19)20-8-7-16-22-21-10-23(15)16/h1-6,9-10H,7-8H2/b20-17-. The van der Waals surface area contributed by atoms with Gasteiger partial charge in [-0.25, -0.2) is 8.78 Å². The smallest absolute Gasteiger partial charge is 0.139 e. The topological polar surface area (TPSA) is 43.1 Å². The summed E-state index contributed by atoms with van der Waals surface area (Å²) in [4.78, 5) is 4.50. The Morgan fingerprint density at radius 1 is 1.00 bits per heavy atom. The van der Waals surface area contributed by atoms with Crippen LogP contribution in [0.5, 0.6) is 0 Å². The average molecular weight is 310 g/mol. The van der Waals surface area contributed by atoms with Crippen molar-refractivity contribution in [1.29, 1.82) is 0 Å². The fraction of sp³-hybridized carbons (Fsp3) is 0.118. The van der Waals surface area contributed by atoms with Gasteiger partial charge in [-0.15, -0.1) is 10.2 Å². The maximum atomic E-state index is 14.2. The Morgan fingerprint density at radius 3 is 2.74 bits per heavy atom. The van der Waals surface area contributed by atoms with Crippen molar-refractivity contribution in [3.05, 3.63) is 77.4 Å². The van der Waals surface area contributed by atoms with Crippen LogP contribution in [0.25, 0.3) is 5.69 Å². The Morgan fingerprint density at radius 2 is 1.87 bits per heavy atom. The molecular weight excluding hydrogens is 298 g/mol. The Labute approximate surface area is 131 Å². The summed E-state index contributed by atoms with van der Waals surface area (Å²) in [5.41, 5.74) is 2.01. The normalized spacial score (nSPS) is 15.8. The lowest BCUT2D eigenvalue weighted by Gasteiger charge is -2.17. The van der Waals surface area contributed by atoms with Crippen LogP contribution in [-0.4, -0.2) is 27.0 Å². The number of aromatic nitrogens is 3. The van der Waals surface area contributed by atoms with E-state index in [4.69, 9.17) is 0 Å². The van der Waals surface area contributed by atoms with E-state index >= 15 is 0 Å². The van der Waals surface area contributed by atoms with Gasteiger partial charge in [-0.2, -0.15) is 0 Å². The van der Waals surface area contributed by atoms with Gasteiger partial charge in [-0.3, -0.25) is 9.56 Å². The first-order chi connectivity index (χ1) is 11.2. The number of halogens is 2. The van der Waals surface area contributed by atoms with E-state index in [-0.39, 0.29) is 5.82 Å². The zero-order valence-electron chi connectivity index (χ0n) is 12.1. The first-order valence-electron chi connectivity index (χ1n) is 7.22. The second kappa shape index (κ2) is 5.39. The van der Waals surface area contributed by atoms with Crippen LogP contribution in [-0.2, 0) is 6.42 Å². The van der Waals surface area contributed by atoms with Crippen molar-refractivity contribution in [3.8, 4) is 5.69 Å². The highest BCUT2D eigenvalue weighted by atomic mass is 19.1. The lowest BCUT2D eigenvalue weighted by molar-refractivity contribution is 0.623. The van der Waals surface area contributed by atoms with Crippen LogP contribution in [0.15, 0.2) is 53.8 Å². The summed E-state index contributed by atoms with van der Waals surface area (Å²) in [6, 6.07) is 10.8. The van der Waals surface area contributed by atoms with Crippen LogP contribution >= 0.6 is 0 Å². The SMILES string of the molecule is Fc1ccc2c(c1)/C(c1ccccc1F)=N\CCc1nncn1-2. The second-order valence-corrected chi connectivity index (χ2v) is 5.24. The van der Waals surface area contributed by atoms with E-state index < -0.39 is 5.82 Å². The molecule has 0 fully saturated rings. The predicted octanol–water partition coefficient (Wildman–Crippen LogP) is 2.94. The van der Waals surface area contributed by atoms with Gasteiger partial charge in [0.05, 0.1) is 11.4 Å². The van der Waals surface area contributed by atoms with Gasteiger partial charge in [0.1, 0.15) is 23.8 Å². The van der Waals surface area contributed by atoms with E-state index in [1.165, 1.54) is 18.2 Å². The molecule has 1 aliphatic rings. The quantitative estimate of drug-likeness (QED) is 0.693. The molecule has 0 radical (unpaired) electrons. The van der Waals surface area contributed by atoms with Crippen LogP contribution in [0.3, 0.4) is 0 Å². The van der Waals surface area contributed by atoms with E-state index in [1.807, 2.05) is 0 Å². The molecule has 114 valence electrons. The number of rotatable bonds is 1. The fourth-order valence-electron chi connectivity index (χ4n) is 2.78. The van der Waals surface area contributed by atoms with Crippen molar-refractivity contribution < 1.29 is 8.78 Å². The highest BCUT2D eigenvalue weighted by Crippen LogP contribution is 2.24. The number of hydrogen-bond acceptors (Lipinski definition) is 3. The lowest BCUT2D eigenvalue weighted by atomic mass is 9.99. The maximum absolute atomic E-state index is 14.2. The van der Waals surface area contributed by atoms with Gasteiger partial charge >= 0.3 is 0 Å². The van der Waals surface area contributed by atoms with Crippen LogP contribution in [0.2, 0.25) is 0 Å². The highest BCUT2D eigenvalue weighted by molar-refractivity contribution is 6.15. The molecule has 3 aromatic rings. The van der Waals surface area contributed by atoms with Crippen molar-refractivity contribution in [2.75, 3.05) is 6.54 Å². The van der Waals surface area contributed by atoms with Gasteiger partial charge in [0.2, 0.25) is 0 Å². The van der Waals surface area contributed by atoms with E-state index in [9.17, 15) is 8.78 Å². The summed E-state index contributed by atoms with van der Waals surface area (Å²) < 4.78 is 29.9. The van der Waals surface area contributed by atoms with Crippen molar-refractivity contribution in [2.24, 2.45) is 4.99 Å². The van der Waals surface area contributed by atoms with Gasteiger partial charge in [0.25, 0.3) is 0 Å². The van der Waals surface area contributed by atoms with E-state index in [1.54, 1.807) is 35.2 Å². The third-order valence-electron chi connectivity index (χ3n) is 3.83. The summed E-state index contributed by atoms with van der Waals surface area (Å²) in [6.07, 6.45) is 2.16. The van der Waals surface area contributed by atoms with Gasteiger partial charge in [-0.1, -0.05) is 12.1 Å². The lowest BCUT2D eigenvalue weighted by Crippen LogP contribution is -2.16. The predicted molar refractivity (Wildman–Crippen MR) is 81.9 cm³/mol. The summed E-state index contributed by atoms with van der Waals surface area (Å²) >= 11 is 0. The molecule has 0 N–H and O–H groups in total. The van der Waals surface area contributed by atoms with E-state index in [0.717, 1.165) is 5.82 Å². The van der Waals surface area contributed by atoms with Crippen molar-refractivity contribution in [1.82, 2.24) is 14.8 Å². The molecule has 0 amide bonds. The molecule has 0 spiro atoms. The summed E-state index contributed by atoms with van der Waals surface area (Å²) in [6.45, 7) is 0.429. The molecule has 0 saturated heterocycles. The summed E-state index contributed by atoms with van der Waals surface area (Å²) in [5, 5.41) is 7.99. The van der Waals surface area contributed by atoms with Crippen molar-refractivity contribution in [3.63, 3.8) is 0 Å². The number of nitrogens with zero attached hydrogens (tertiary/aromatic N) is 4. The molecule has 1 aromatic heterocycles. The zero-order valence-corrected chi connectivity index (χ0v) is 12.1. The molecule has 0 saturated carbocycles. The Balaban J connectivity index is 2.00. The first-order valence-corrected chi connectivity index (χ1v) is 7.22.